The molecule has 0 aromatic rings. The van der Waals surface area contributed by atoms with E-state index < -0.39 is 11.9 Å². The normalized spacial score (nSPS) is 12.3. The summed E-state index contributed by atoms with van der Waals surface area (Å²) in [5, 5.41) is 9.38. The highest BCUT2D eigenvalue weighted by atomic mass is 16.4. The monoisotopic (exact) mass is 408 g/mol. The summed E-state index contributed by atoms with van der Waals surface area (Å²) in [6.45, 7) is 10.4. The summed E-state index contributed by atoms with van der Waals surface area (Å²) in [6, 6.07) is 0. The topological polar surface area (TPSA) is 54.4 Å². The third kappa shape index (κ3) is 17.4. The lowest BCUT2D eigenvalue weighted by molar-refractivity contribution is -0.144. The Morgan fingerprint density at radius 2 is 1.21 bits per heavy atom. The minimum atomic E-state index is -0.847. The van der Waals surface area contributed by atoms with Crippen molar-refractivity contribution in [3.05, 3.63) is 12.2 Å². The van der Waals surface area contributed by atoms with Crippen molar-refractivity contribution in [2.45, 2.75) is 130 Å². The van der Waals surface area contributed by atoms with Gasteiger partial charge in [0, 0.05) is 12.8 Å². The second-order valence-electron chi connectivity index (χ2n) is 9.12. The standard InChI is InChI=1S/C26H48O3/c1-5-6-7-8-9-10-11-12-13-14-15-16-17-18-25(27)21-24(26(28)29)20-19-23(4)22(2)3/h22,24H,4-21H2,1-3H3,(H,28,29)/t24-/m1/s1. The van der Waals surface area contributed by atoms with Crippen molar-refractivity contribution in [1.82, 2.24) is 0 Å². The Balaban J connectivity index is 3.64. The molecule has 0 saturated heterocycles. The number of unbranched alkanes of at least 4 members (excludes halogenated alkanes) is 12. The van der Waals surface area contributed by atoms with Crippen LogP contribution in [0.3, 0.4) is 0 Å². The first-order valence-corrected chi connectivity index (χ1v) is 12.3. The first kappa shape index (κ1) is 27.9. The highest BCUT2D eigenvalue weighted by Crippen LogP contribution is 2.21. The number of rotatable bonds is 21. The molecule has 0 amide bonds. The maximum absolute atomic E-state index is 12.2. The van der Waals surface area contributed by atoms with Crippen molar-refractivity contribution < 1.29 is 14.7 Å². The average Bonchev–Trinajstić information content (AvgIpc) is 2.68. The molecule has 0 fully saturated rings. The van der Waals surface area contributed by atoms with Crippen LogP contribution in [-0.4, -0.2) is 16.9 Å². The van der Waals surface area contributed by atoms with E-state index in [4.69, 9.17) is 0 Å². The fourth-order valence-corrected chi connectivity index (χ4v) is 3.68. The largest absolute Gasteiger partial charge is 0.481 e. The predicted octanol–water partition coefficient (Wildman–Crippen LogP) is 8.12. The van der Waals surface area contributed by atoms with Crippen molar-refractivity contribution in [3.8, 4) is 0 Å². The summed E-state index contributed by atoms with van der Waals surface area (Å²) in [6.07, 6.45) is 18.7. The SMILES string of the molecule is C=C(CC[C@H](CC(=O)CCCCCCCCCCCCCCC)C(=O)O)C(C)C. The minimum absolute atomic E-state index is 0.107. The lowest BCUT2D eigenvalue weighted by atomic mass is 9.90. The van der Waals surface area contributed by atoms with Gasteiger partial charge in [-0.25, -0.2) is 0 Å². The van der Waals surface area contributed by atoms with E-state index >= 15 is 0 Å². The Hall–Kier alpha value is -1.12. The molecule has 0 aliphatic rings. The molecule has 0 aliphatic heterocycles. The van der Waals surface area contributed by atoms with Gasteiger partial charge in [0.2, 0.25) is 0 Å². The highest BCUT2D eigenvalue weighted by Gasteiger charge is 2.21. The van der Waals surface area contributed by atoms with Gasteiger partial charge in [0.05, 0.1) is 5.92 Å². The zero-order chi connectivity index (χ0) is 21.9. The number of carbonyl (C=O) groups is 2. The summed E-state index contributed by atoms with van der Waals surface area (Å²) in [5.74, 6) is -0.929. The Morgan fingerprint density at radius 1 is 0.759 bits per heavy atom. The van der Waals surface area contributed by atoms with E-state index in [1.165, 1.54) is 70.6 Å². The van der Waals surface area contributed by atoms with Gasteiger partial charge in [-0.3, -0.25) is 9.59 Å². The van der Waals surface area contributed by atoms with Crippen molar-refractivity contribution >= 4 is 11.8 Å². The number of carboxylic acids is 1. The van der Waals surface area contributed by atoms with Gasteiger partial charge in [-0.2, -0.15) is 0 Å². The van der Waals surface area contributed by atoms with Gasteiger partial charge in [0.1, 0.15) is 5.78 Å². The number of Topliss-reactive ketones (excluding diaryl/α,β-unsaturated/α-hetero) is 1. The Morgan fingerprint density at radius 3 is 1.62 bits per heavy atom. The van der Waals surface area contributed by atoms with E-state index in [1.54, 1.807) is 0 Å². The molecule has 1 atom stereocenters. The molecule has 0 aromatic heterocycles. The minimum Gasteiger partial charge on any atom is -0.481 e. The zero-order valence-electron chi connectivity index (χ0n) is 19.6. The number of carbonyl (C=O) groups excluding carboxylic acids is 1. The van der Waals surface area contributed by atoms with E-state index in [9.17, 15) is 14.7 Å². The quantitative estimate of drug-likeness (QED) is 0.154. The van der Waals surface area contributed by atoms with E-state index in [2.05, 4.69) is 27.4 Å². The first-order valence-electron chi connectivity index (χ1n) is 12.3. The lowest BCUT2D eigenvalue weighted by Gasteiger charge is -2.14. The first-order chi connectivity index (χ1) is 13.9. The number of hydrogen-bond acceptors (Lipinski definition) is 2. The second-order valence-corrected chi connectivity index (χ2v) is 9.12. The van der Waals surface area contributed by atoms with Crippen LogP contribution in [0.15, 0.2) is 12.2 Å². The van der Waals surface area contributed by atoms with Gasteiger partial charge in [-0.1, -0.05) is 110 Å². The second kappa shape index (κ2) is 18.9. The summed E-state index contributed by atoms with van der Waals surface area (Å²) in [7, 11) is 0. The fourth-order valence-electron chi connectivity index (χ4n) is 3.68. The molecule has 3 nitrogen and oxygen atoms in total. The lowest BCUT2D eigenvalue weighted by Crippen LogP contribution is -2.18. The number of carboxylic acid groups (broad SMARTS) is 1. The van der Waals surface area contributed by atoms with Gasteiger partial charge < -0.3 is 5.11 Å². The van der Waals surface area contributed by atoms with Gasteiger partial charge >= 0.3 is 5.97 Å². The third-order valence-corrected chi connectivity index (χ3v) is 6.01. The number of allylic oxidation sites excluding steroid dienone is 1. The van der Waals surface area contributed by atoms with Crippen LogP contribution in [0.1, 0.15) is 130 Å². The summed E-state index contributed by atoms with van der Waals surface area (Å²) >= 11 is 0. The number of aliphatic carboxylic acids is 1. The molecule has 0 heterocycles. The molecule has 3 heteroatoms. The molecule has 29 heavy (non-hydrogen) atoms. The summed E-state index contributed by atoms with van der Waals surface area (Å²) in [5.41, 5.74) is 1.07. The molecule has 1 N–H and O–H groups in total. The Bertz CT molecular complexity index is 439. The van der Waals surface area contributed by atoms with Crippen LogP contribution >= 0.6 is 0 Å². The van der Waals surface area contributed by atoms with Crippen molar-refractivity contribution in [2.24, 2.45) is 11.8 Å². The van der Waals surface area contributed by atoms with Crippen molar-refractivity contribution in [1.29, 1.82) is 0 Å². The molecule has 0 saturated carbocycles. The van der Waals surface area contributed by atoms with E-state index in [-0.39, 0.29) is 12.2 Å². The molecule has 0 spiro atoms. The molecule has 0 rings (SSSR count). The van der Waals surface area contributed by atoms with Crippen LogP contribution in [0.25, 0.3) is 0 Å². The number of hydrogen-bond donors (Lipinski definition) is 1. The Kier molecular flexibility index (Phi) is 18.2. The maximum atomic E-state index is 12.2. The van der Waals surface area contributed by atoms with Gasteiger partial charge in [0.15, 0.2) is 0 Å². The molecular weight excluding hydrogens is 360 g/mol. The van der Waals surface area contributed by atoms with Crippen LogP contribution in [-0.2, 0) is 9.59 Å². The molecule has 0 bridgehead atoms. The van der Waals surface area contributed by atoms with Gasteiger partial charge in [0.25, 0.3) is 0 Å². The van der Waals surface area contributed by atoms with Crippen LogP contribution in [0.2, 0.25) is 0 Å². The zero-order valence-corrected chi connectivity index (χ0v) is 19.6. The Labute approximate surface area is 180 Å². The van der Waals surface area contributed by atoms with Crippen LogP contribution < -0.4 is 0 Å². The predicted molar refractivity (Wildman–Crippen MR) is 124 cm³/mol. The molecule has 0 radical (unpaired) electrons. The maximum Gasteiger partial charge on any atom is 0.306 e. The summed E-state index contributed by atoms with van der Waals surface area (Å²) in [4.78, 5) is 23.6. The van der Waals surface area contributed by atoms with Crippen molar-refractivity contribution in [3.63, 3.8) is 0 Å². The molecule has 0 aliphatic carbocycles. The fraction of sp³-hybridized carbons (Fsp3) is 0.846. The molecular formula is C26H48O3. The molecule has 0 aromatic carbocycles. The van der Waals surface area contributed by atoms with E-state index in [0.717, 1.165) is 18.4 Å². The van der Waals surface area contributed by atoms with Gasteiger partial charge in [-0.05, 0) is 25.2 Å². The van der Waals surface area contributed by atoms with Crippen LogP contribution in [0.4, 0.5) is 0 Å². The van der Waals surface area contributed by atoms with E-state index in [0.29, 0.717) is 25.2 Å². The third-order valence-electron chi connectivity index (χ3n) is 6.01. The average molecular weight is 409 g/mol. The number of ketones is 1. The van der Waals surface area contributed by atoms with Crippen LogP contribution in [0, 0.1) is 11.8 Å². The highest BCUT2D eigenvalue weighted by molar-refractivity contribution is 5.83. The van der Waals surface area contributed by atoms with Crippen molar-refractivity contribution in [2.75, 3.05) is 0 Å². The van der Waals surface area contributed by atoms with E-state index in [1.807, 2.05) is 0 Å². The molecule has 0 unspecified atom stereocenters. The van der Waals surface area contributed by atoms with Gasteiger partial charge in [-0.15, -0.1) is 0 Å². The summed E-state index contributed by atoms with van der Waals surface area (Å²) < 4.78 is 0. The molecule has 170 valence electrons. The van der Waals surface area contributed by atoms with Crippen LogP contribution in [0.5, 0.6) is 0 Å². The smallest absolute Gasteiger partial charge is 0.306 e.